The van der Waals surface area contributed by atoms with Gasteiger partial charge in [-0.2, -0.15) is 13.2 Å². The normalized spacial score (nSPS) is 15.1. The number of aromatic amines is 1. The van der Waals surface area contributed by atoms with Crippen molar-refractivity contribution in [3.05, 3.63) is 57.0 Å². The summed E-state index contributed by atoms with van der Waals surface area (Å²) in [6.45, 7) is 3.07. The fraction of sp³-hybridized carbons (Fsp3) is 0.500. The van der Waals surface area contributed by atoms with Crippen molar-refractivity contribution < 1.29 is 18.3 Å². The van der Waals surface area contributed by atoms with E-state index in [1.165, 1.54) is 12.1 Å². The van der Waals surface area contributed by atoms with E-state index in [2.05, 4.69) is 10.4 Å². The maximum atomic E-state index is 12.9. The van der Waals surface area contributed by atoms with Crippen LogP contribution in [-0.2, 0) is 32.2 Å². The van der Waals surface area contributed by atoms with Gasteiger partial charge in [0.2, 0.25) is 0 Å². The summed E-state index contributed by atoms with van der Waals surface area (Å²) in [4.78, 5) is 14.4. The van der Waals surface area contributed by atoms with Gasteiger partial charge < -0.3 is 10.4 Å². The third-order valence-corrected chi connectivity index (χ3v) is 4.66. The monoisotopic (exact) mass is 384 g/mol. The zero-order chi connectivity index (χ0) is 19.4. The van der Waals surface area contributed by atoms with E-state index >= 15 is 0 Å². The molecule has 1 aliphatic heterocycles. The summed E-state index contributed by atoms with van der Waals surface area (Å²) in [5.41, 5.74) is 1.48. The summed E-state index contributed by atoms with van der Waals surface area (Å²) in [6, 6.07) is 5.35. The molecule has 9 heteroatoms. The van der Waals surface area contributed by atoms with Crippen molar-refractivity contribution in [2.45, 2.75) is 32.2 Å². The lowest BCUT2D eigenvalue weighted by Crippen LogP contribution is -2.32. The first kappa shape index (κ1) is 19.7. The standard InChI is InChI=1S/C18H23F3N4O2/c19-18(20,21)14-3-1-2-13(10-14)11-24-7-4-15-16(12-24)23-25(17(15)27)8-5-22-6-9-26/h1-3,10,22-23,26H,4-9,11-12H2. The van der Waals surface area contributed by atoms with Crippen LogP contribution in [0.4, 0.5) is 13.2 Å². The van der Waals surface area contributed by atoms with Gasteiger partial charge in [0.05, 0.1) is 24.4 Å². The van der Waals surface area contributed by atoms with Crippen LogP contribution in [0.25, 0.3) is 0 Å². The van der Waals surface area contributed by atoms with Crippen molar-refractivity contribution in [1.82, 2.24) is 20.0 Å². The highest BCUT2D eigenvalue weighted by Gasteiger charge is 2.30. The molecule has 0 fully saturated rings. The Morgan fingerprint density at radius 2 is 2.07 bits per heavy atom. The number of hydrogen-bond donors (Lipinski definition) is 3. The van der Waals surface area contributed by atoms with E-state index in [0.717, 1.165) is 17.3 Å². The summed E-state index contributed by atoms with van der Waals surface area (Å²) in [5, 5.41) is 14.9. The average molecular weight is 384 g/mol. The van der Waals surface area contributed by atoms with Crippen molar-refractivity contribution in [3.63, 3.8) is 0 Å². The van der Waals surface area contributed by atoms with Crippen molar-refractivity contribution in [2.24, 2.45) is 0 Å². The molecule has 0 saturated carbocycles. The minimum atomic E-state index is -4.35. The van der Waals surface area contributed by atoms with E-state index in [9.17, 15) is 18.0 Å². The quantitative estimate of drug-likeness (QED) is 0.630. The molecule has 0 amide bonds. The van der Waals surface area contributed by atoms with Crippen LogP contribution in [0.2, 0.25) is 0 Å². The van der Waals surface area contributed by atoms with Crippen molar-refractivity contribution in [3.8, 4) is 0 Å². The fourth-order valence-corrected chi connectivity index (χ4v) is 3.33. The van der Waals surface area contributed by atoms with Crippen LogP contribution >= 0.6 is 0 Å². The first-order valence-corrected chi connectivity index (χ1v) is 8.89. The Kier molecular flexibility index (Phi) is 6.03. The summed E-state index contributed by atoms with van der Waals surface area (Å²) in [6.07, 6.45) is -3.78. The summed E-state index contributed by atoms with van der Waals surface area (Å²) in [5.74, 6) is 0. The van der Waals surface area contributed by atoms with E-state index < -0.39 is 11.7 Å². The van der Waals surface area contributed by atoms with E-state index in [4.69, 9.17) is 5.11 Å². The van der Waals surface area contributed by atoms with E-state index in [1.54, 1.807) is 10.7 Å². The molecule has 6 nitrogen and oxygen atoms in total. The average Bonchev–Trinajstić information content (AvgIpc) is 2.94. The fourth-order valence-electron chi connectivity index (χ4n) is 3.33. The molecule has 0 aliphatic carbocycles. The second kappa shape index (κ2) is 8.28. The smallest absolute Gasteiger partial charge is 0.395 e. The highest BCUT2D eigenvalue weighted by molar-refractivity contribution is 5.26. The number of benzene rings is 1. The molecule has 0 spiro atoms. The van der Waals surface area contributed by atoms with Gasteiger partial charge in [0.15, 0.2) is 0 Å². The van der Waals surface area contributed by atoms with Crippen LogP contribution < -0.4 is 10.9 Å². The van der Waals surface area contributed by atoms with Crippen molar-refractivity contribution >= 4 is 0 Å². The summed E-state index contributed by atoms with van der Waals surface area (Å²) >= 11 is 0. The van der Waals surface area contributed by atoms with Gasteiger partial charge in [-0.3, -0.25) is 19.5 Å². The minimum absolute atomic E-state index is 0.0423. The van der Waals surface area contributed by atoms with Crippen LogP contribution in [-0.4, -0.2) is 46.0 Å². The molecule has 0 unspecified atom stereocenters. The molecular formula is C18H23F3N4O2. The van der Waals surface area contributed by atoms with E-state index in [1.807, 2.05) is 4.90 Å². The van der Waals surface area contributed by atoms with Crippen LogP contribution in [0.3, 0.4) is 0 Å². The Balaban J connectivity index is 1.65. The van der Waals surface area contributed by atoms with Crippen molar-refractivity contribution in [1.29, 1.82) is 0 Å². The lowest BCUT2D eigenvalue weighted by Gasteiger charge is -2.26. The van der Waals surface area contributed by atoms with Gasteiger partial charge in [-0.05, 0) is 18.1 Å². The van der Waals surface area contributed by atoms with Gasteiger partial charge in [0.25, 0.3) is 5.56 Å². The van der Waals surface area contributed by atoms with Crippen LogP contribution in [0.15, 0.2) is 29.1 Å². The van der Waals surface area contributed by atoms with Gasteiger partial charge in [-0.1, -0.05) is 18.2 Å². The highest BCUT2D eigenvalue weighted by Crippen LogP contribution is 2.30. The van der Waals surface area contributed by atoms with Gasteiger partial charge in [-0.25, -0.2) is 0 Å². The molecule has 0 saturated heterocycles. The molecule has 0 radical (unpaired) electrons. The minimum Gasteiger partial charge on any atom is -0.395 e. The number of hydrogen-bond acceptors (Lipinski definition) is 4. The molecule has 0 atom stereocenters. The van der Waals surface area contributed by atoms with Crippen LogP contribution in [0.1, 0.15) is 22.4 Å². The number of aromatic nitrogens is 2. The Labute approximate surface area is 154 Å². The molecule has 2 aromatic rings. The molecular weight excluding hydrogens is 361 g/mol. The zero-order valence-corrected chi connectivity index (χ0v) is 14.9. The number of nitrogens with one attached hydrogen (secondary N) is 2. The summed E-state index contributed by atoms with van der Waals surface area (Å²) in [7, 11) is 0. The van der Waals surface area contributed by atoms with Gasteiger partial charge in [0.1, 0.15) is 0 Å². The van der Waals surface area contributed by atoms with Crippen LogP contribution in [0.5, 0.6) is 0 Å². The molecule has 0 bridgehead atoms. The number of aliphatic hydroxyl groups is 1. The maximum Gasteiger partial charge on any atom is 0.416 e. The molecule has 1 aromatic carbocycles. The number of halogens is 3. The maximum absolute atomic E-state index is 12.9. The van der Waals surface area contributed by atoms with Gasteiger partial charge >= 0.3 is 6.18 Å². The zero-order valence-electron chi connectivity index (χ0n) is 14.9. The second-order valence-corrected chi connectivity index (χ2v) is 6.66. The third-order valence-electron chi connectivity index (χ3n) is 4.66. The molecule has 2 heterocycles. The lowest BCUT2D eigenvalue weighted by molar-refractivity contribution is -0.137. The largest absolute Gasteiger partial charge is 0.416 e. The van der Waals surface area contributed by atoms with E-state index in [0.29, 0.717) is 51.3 Å². The molecule has 148 valence electrons. The predicted molar refractivity (Wildman–Crippen MR) is 94.3 cm³/mol. The first-order valence-electron chi connectivity index (χ1n) is 8.89. The van der Waals surface area contributed by atoms with Gasteiger partial charge in [-0.15, -0.1) is 0 Å². The predicted octanol–water partition coefficient (Wildman–Crippen LogP) is 1.34. The van der Waals surface area contributed by atoms with Crippen LogP contribution in [0, 0.1) is 0 Å². The Hall–Kier alpha value is -2.10. The number of fused-ring (bicyclic) bond motifs is 1. The topological polar surface area (TPSA) is 73.3 Å². The van der Waals surface area contributed by atoms with Gasteiger partial charge in [0, 0.05) is 38.3 Å². The first-order chi connectivity index (χ1) is 12.9. The third kappa shape index (κ3) is 4.79. The molecule has 3 rings (SSSR count). The van der Waals surface area contributed by atoms with Crippen molar-refractivity contribution in [2.75, 3.05) is 26.2 Å². The Morgan fingerprint density at radius 1 is 1.26 bits per heavy atom. The van der Waals surface area contributed by atoms with E-state index in [-0.39, 0.29) is 12.2 Å². The molecule has 3 N–H and O–H groups in total. The highest BCUT2D eigenvalue weighted by atomic mass is 19.4. The molecule has 27 heavy (non-hydrogen) atoms. The number of H-pyrrole nitrogens is 1. The Morgan fingerprint density at radius 3 is 2.81 bits per heavy atom. The summed E-state index contributed by atoms with van der Waals surface area (Å²) < 4.78 is 40.1. The lowest BCUT2D eigenvalue weighted by atomic mass is 10.1. The molecule has 1 aromatic heterocycles. The SMILES string of the molecule is O=c1c2c([nH]n1CCNCCO)CN(Cc1cccc(C(F)(F)F)c1)CC2. The number of alkyl halides is 3. The number of nitrogens with zero attached hydrogens (tertiary/aromatic N) is 2. The Bertz CT molecular complexity index is 829. The second-order valence-electron chi connectivity index (χ2n) is 6.66. The molecule has 1 aliphatic rings. The number of aliphatic hydroxyl groups excluding tert-OH is 1. The number of rotatable bonds is 7.